The molecule has 3 nitrogen and oxygen atoms in total. The Hall–Kier alpha value is -2.39. The Labute approximate surface area is 130 Å². The summed E-state index contributed by atoms with van der Waals surface area (Å²) in [5.41, 5.74) is 1.08. The summed E-state index contributed by atoms with van der Waals surface area (Å²) in [5.74, 6) is -0.355. The molecule has 3 heteroatoms. The van der Waals surface area contributed by atoms with E-state index in [-0.39, 0.29) is 5.78 Å². The molecule has 1 aliphatic heterocycles. The van der Waals surface area contributed by atoms with Crippen molar-refractivity contribution in [3.63, 3.8) is 0 Å². The molecule has 1 heterocycles. The maximum absolute atomic E-state index is 12.7. The van der Waals surface area contributed by atoms with Crippen molar-refractivity contribution in [3.05, 3.63) is 84.1 Å². The van der Waals surface area contributed by atoms with Crippen LogP contribution in [0.3, 0.4) is 0 Å². The van der Waals surface area contributed by atoms with Crippen LogP contribution in [0.15, 0.2) is 73.0 Å². The van der Waals surface area contributed by atoms with Gasteiger partial charge < -0.3 is 4.74 Å². The summed E-state index contributed by atoms with van der Waals surface area (Å²) in [5, 5.41) is 0. The van der Waals surface area contributed by atoms with E-state index in [9.17, 15) is 4.79 Å². The average molecular weight is 293 g/mol. The molecule has 22 heavy (non-hydrogen) atoms. The number of hydrogen-bond donors (Lipinski definition) is 0. The Morgan fingerprint density at radius 2 is 1.55 bits per heavy atom. The molecule has 0 amide bonds. The second kappa shape index (κ2) is 5.78. The Kier molecular flexibility index (Phi) is 3.82. The van der Waals surface area contributed by atoms with Crippen LogP contribution in [-0.2, 0) is 15.3 Å². The van der Waals surface area contributed by atoms with Gasteiger partial charge in [0.05, 0.1) is 6.26 Å². The number of likely N-dealkylation sites (N-methyl/N-ethyl adjacent to an activating group) is 1. The smallest absolute Gasteiger partial charge is 0.202 e. The van der Waals surface area contributed by atoms with Crippen molar-refractivity contribution in [3.8, 4) is 0 Å². The van der Waals surface area contributed by atoms with Crippen LogP contribution >= 0.6 is 0 Å². The molecule has 0 radical (unpaired) electrons. The molecule has 0 spiro atoms. The fourth-order valence-electron chi connectivity index (χ4n) is 3.13. The lowest BCUT2D eigenvalue weighted by atomic mass is 9.78. The highest BCUT2D eigenvalue weighted by Crippen LogP contribution is 2.45. The normalized spacial score (nSPS) is 24.3. The van der Waals surface area contributed by atoms with Gasteiger partial charge in [0.1, 0.15) is 5.92 Å². The maximum atomic E-state index is 12.7. The number of rotatable bonds is 3. The van der Waals surface area contributed by atoms with Crippen molar-refractivity contribution in [2.75, 3.05) is 14.1 Å². The molecule has 0 aromatic heterocycles. The van der Waals surface area contributed by atoms with Gasteiger partial charge in [-0.15, -0.1) is 0 Å². The summed E-state index contributed by atoms with van der Waals surface area (Å²) < 4.78 is 6.08. The maximum Gasteiger partial charge on any atom is 0.202 e. The fraction of sp³-hybridized carbons (Fsp3) is 0.211. The summed E-state index contributed by atoms with van der Waals surface area (Å²) in [6.45, 7) is 0. The molecule has 0 bridgehead atoms. The first kappa shape index (κ1) is 14.5. The van der Waals surface area contributed by atoms with Crippen LogP contribution in [0.4, 0.5) is 0 Å². The van der Waals surface area contributed by atoms with E-state index < -0.39 is 11.6 Å². The van der Waals surface area contributed by atoms with Crippen molar-refractivity contribution < 1.29 is 9.53 Å². The van der Waals surface area contributed by atoms with Gasteiger partial charge >= 0.3 is 0 Å². The van der Waals surface area contributed by atoms with Gasteiger partial charge in [-0.3, -0.25) is 9.69 Å². The van der Waals surface area contributed by atoms with Gasteiger partial charge in [0.2, 0.25) is 5.72 Å². The molecule has 1 aliphatic rings. The minimum Gasteiger partial charge on any atom is -0.475 e. The van der Waals surface area contributed by atoms with Crippen molar-refractivity contribution in [2.24, 2.45) is 0 Å². The number of ether oxygens (including phenoxy) is 1. The Bertz CT molecular complexity index is 679. The molecule has 0 saturated heterocycles. The van der Waals surface area contributed by atoms with E-state index in [4.69, 9.17) is 4.74 Å². The van der Waals surface area contributed by atoms with E-state index in [1.54, 1.807) is 0 Å². The Morgan fingerprint density at radius 1 is 0.955 bits per heavy atom. The molecular weight excluding hydrogens is 274 g/mol. The number of carbonyl (C=O) groups is 1. The lowest BCUT2D eigenvalue weighted by molar-refractivity contribution is -0.150. The monoisotopic (exact) mass is 293 g/mol. The predicted octanol–water partition coefficient (Wildman–Crippen LogP) is 3.30. The van der Waals surface area contributed by atoms with Gasteiger partial charge in [0.15, 0.2) is 5.78 Å². The van der Waals surface area contributed by atoms with E-state index in [1.807, 2.05) is 79.7 Å². The number of allylic oxidation sites excluding steroid dienone is 1. The third-order valence-corrected chi connectivity index (χ3v) is 4.14. The standard InChI is InChI=1S/C19H19NO2/c1-20(2)19(16-11-7-4-8-12-16)18(17(21)13-14-22-19)15-9-5-3-6-10-15/h3-14,18H,1-2H3. The van der Waals surface area contributed by atoms with Gasteiger partial charge in [-0.1, -0.05) is 60.7 Å². The lowest BCUT2D eigenvalue weighted by Gasteiger charge is -2.45. The topological polar surface area (TPSA) is 29.5 Å². The zero-order valence-corrected chi connectivity index (χ0v) is 12.8. The van der Waals surface area contributed by atoms with Crippen LogP contribution in [-0.4, -0.2) is 24.8 Å². The summed E-state index contributed by atoms with van der Waals surface area (Å²) in [7, 11) is 3.88. The Balaban J connectivity index is 2.22. The lowest BCUT2D eigenvalue weighted by Crippen LogP contribution is -2.51. The van der Waals surface area contributed by atoms with Crippen molar-refractivity contribution in [2.45, 2.75) is 11.6 Å². The van der Waals surface area contributed by atoms with Crippen molar-refractivity contribution in [1.29, 1.82) is 0 Å². The number of ketones is 1. The zero-order chi connectivity index (χ0) is 15.6. The molecule has 3 rings (SSSR count). The molecule has 0 N–H and O–H groups in total. The highest BCUT2D eigenvalue weighted by molar-refractivity contribution is 5.97. The second-order valence-electron chi connectivity index (χ2n) is 5.62. The largest absolute Gasteiger partial charge is 0.475 e. The highest BCUT2D eigenvalue weighted by atomic mass is 16.5. The molecule has 0 fully saturated rings. The average Bonchev–Trinajstić information content (AvgIpc) is 2.56. The number of benzene rings is 2. The number of nitrogens with zero attached hydrogens (tertiary/aromatic N) is 1. The van der Waals surface area contributed by atoms with Crippen molar-refractivity contribution in [1.82, 2.24) is 4.90 Å². The van der Waals surface area contributed by atoms with Crippen LogP contribution in [0.2, 0.25) is 0 Å². The summed E-state index contributed by atoms with van der Waals surface area (Å²) in [6, 6.07) is 19.7. The minimum atomic E-state index is -0.839. The second-order valence-corrected chi connectivity index (χ2v) is 5.62. The van der Waals surface area contributed by atoms with Gasteiger partial charge in [0, 0.05) is 11.6 Å². The van der Waals surface area contributed by atoms with Gasteiger partial charge in [-0.05, 0) is 19.7 Å². The van der Waals surface area contributed by atoms with E-state index in [0.29, 0.717) is 0 Å². The first-order chi connectivity index (χ1) is 10.7. The van der Waals surface area contributed by atoms with Gasteiger partial charge in [-0.25, -0.2) is 0 Å². The van der Waals surface area contributed by atoms with E-state index in [0.717, 1.165) is 11.1 Å². The first-order valence-electron chi connectivity index (χ1n) is 7.32. The van der Waals surface area contributed by atoms with Crippen LogP contribution in [0, 0.1) is 0 Å². The van der Waals surface area contributed by atoms with Gasteiger partial charge in [-0.2, -0.15) is 0 Å². The minimum absolute atomic E-state index is 0.0509. The highest BCUT2D eigenvalue weighted by Gasteiger charge is 2.50. The number of hydrogen-bond acceptors (Lipinski definition) is 3. The van der Waals surface area contributed by atoms with Crippen molar-refractivity contribution >= 4 is 5.78 Å². The third kappa shape index (κ3) is 2.24. The van der Waals surface area contributed by atoms with E-state index in [1.165, 1.54) is 12.3 Å². The molecule has 112 valence electrons. The van der Waals surface area contributed by atoms with Crippen LogP contribution < -0.4 is 0 Å². The zero-order valence-electron chi connectivity index (χ0n) is 12.8. The van der Waals surface area contributed by atoms with Gasteiger partial charge in [0.25, 0.3) is 0 Å². The first-order valence-corrected chi connectivity index (χ1v) is 7.32. The summed E-state index contributed by atoms with van der Waals surface area (Å²) in [6.07, 6.45) is 3.02. The molecule has 2 atom stereocenters. The molecule has 2 aromatic rings. The third-order valence-electron chi connectivity index (χ3n) is 4.14. The molecule has 2 unspecified atom stereocenters. The van der Waals surface area contributed by atoms with Crippen LogP contribution in [0.5, 0.6) is 0 Å². The van der Waals surface area contributed by atoms with E-state index in [2.05, 4.69) is 0 Å². The quantitative estimate of drug-likeness (QED) is 0.869. The molecule has 2 aromatic carbocycles. The summed E-state index contributed by atoms with van der Waals surface area (Å²) in [4.78, 5) is 14.7. The van der Waals surface area contributed by atoms with Crippen LogP contribution in [0.25, 0.3) is 0 Å². The fourth-order valence-corrected chi connectivity index (χ4v) is 3.13. The van der Waals surface area contributed by atoms with E-state index >= 15 is 0 Å². The predicted molar refractivity (Wildman–Crippen MR) is 86.2 cm³/mol. The molecular formula is C19H19NO2. The summed E-state index contributed by atoms with van der Waals surface area (Å²) >= 11 is 0. The molecule has 0 aliphatic carbocycles. The molecule has 0 saturated carbocycles. The number of carbonyl (C=O) groups excluding carboxylic acids is 1. The Morgan fingerprint density at radius 3 is 2.14 bits per heavy atom. The van der Waals surface area contributed by atoms with Crippen LogP contribution in [0.1, 0.15) is 17.0 Å². The SMILES string of the molecule is CN(C)C1(c2ccccc2)OC=CC(=O)C1c1ccccc1.